The van der Waals surface area contributed by atoms with Crippen molar-refractivity contribution in [3.63, 3.8) is 0 Å². The molecule has 0 fully saturated rings. The molecule has 1 atom stereocenters. The van der Waals surface area contributed by atoms with Gasteiger partial charge in [0.15, 0.2) is 0 Å². The summed E-state index contributed by atoms with van der Waals surface area (Å²) in [5, 5.41) is 2.52. The van der Waals surface area contributed by atoms with E-state index >= 15 is 0 Å². The van der Waals surface area contributed by atoms with Crippen LogP contribution < -0.4 is 11.1 Å². The second kappa shape index (κ2) is 8.98. The number of hydrogen-bond acceptors (Lipinski definition) is 3. The number of nitrogens with zero attached hydrogens (tertiary/aromatic N) is 1. The number of amides is 2. The zero-order chi connectivity index (χ0) is 13.3. The minimum absolute atomic E-state index is 0.0416. The van der Waals surface area contributed by atoms with E-state index in [1.807, 2.05) is 6.92 Å². The maximum Gasteiger partial charge on any atom is 0.239 e. The first-order valence-corrected chi connectivity index (χ1v) is 6.23. The fraction of sp³-hybridized carbons (Fsp3) is 0.833. The van der Waals surface area contributed by atoms with E-state index in [9.17, 15) is 9.59 Å². The van der Waals surface area contributed by atoms with E-state index in [1.165, 1.54) is 0 Å². The second-order valence-electron chi connectivity index (χ2n) is 4.30. The number of carbonyl (C=O) groups is 2. The SMILES string of the molecule is CCN(CC(=O)NC)C(=O)CCC(C)CCN. The van der Waals surface area contributed by atoms with Crippen molar-refractivity contribution in [1.29, 1.82) is 0 Å². The predicted octanol–water partition coefficient (Wildman–Crippen LogP) is 0.346. The molecule has 1 unspecified atom stereocenters. The highest BCUT2D eigenvalue weighted by Gasteiger charge is 2.15. The van der Waals surface area contributed by atoms with Crippen molar-refractivity contribution >= 4 is 11.8 Å². The first kappa shape index (κ1) is 15.9. The lowest BCUT2D eigenvalue weighted by molar-refractivity contribution is -0.135. The van der Waals surface area contributed by atoms with Crippen LogP contribution in [-0.2, 0) is 9.59 Å². The molecular formula is C12H25N3O2. The Hall–Kier alpha value is -1.10. The number of likely N-dealkylation sites (N-methyl/N-ethyl adjacent to an activating group) is 2. The molecule has 0 radical (unpaired) electrons. The molecule has 2 amide bonds. The van der Waals surface area contributed by atoms with Crippen LogP contribution in [0.3, 0.4) is 0 Å². The van der Waals surface area contributed by atoms with Crippen LogP contribution in [0.15, 0.2) is 0 Å². The Morgan fingerprint density at radius 1 is 1.35 bits per heavy atom. The average molecular weight is 243 g/mol. The summed E-state index contributed by atoms with van der Waals surface area (Å²) in [5.41, 5.74) is 5.46. The summed E-state index contributed by atoms with van der Waals surface area (Å²) in [7, 11) is 1.57. The van der Waals surface area contributed by atoms with Gasteiger partial charge < -0.3 is 16.0 Å². The van der Waals surface area contributed by atoms with E-state index in [-0.39, 0.29) is 18.4 Å². The normalized spacial score (nSPS) is 12.0. The Bertz CT molecular complexity index is 244. The van der Waals surface area contributed by atoms with Gasteiger partial charge in [0.05, 0.1) is 6.54 Å². The van der Waals surface area contributed by atoms with Gasteiger partial charge in [0.1, 0.15) is 0 Å². The molecule has 0 aromatic rings. The lowest BCUT2D eigenvalue weighted by Gasteiger charge is -2.20. The number of nitrogens with one attached hydrogen (secondary N) is 1. The van der Waals surface area contributed by atoms with E-state index in [0.717, 1.165) is 12.8 Å². The van der Waals surface area contributed by atoms with E-state index in [0.29, 0.717) is 25.4 Å². The van der Waals surface area contributed by atoms with Gasteiger partial charge in [-0.2, -0.15) is 0 Å². The van der Waals surface area contributed by atoms with Crippen LogP contribution in [-0.4, -0.2) is 43.4 Å². The van der Waals surface area contributed by atoms with Gasteiger partial charge in [0, 0.05) is 20.0 Å². The van der Waals surface area contributed by atoms with Crippen molar-refractivity contribution in [2.75, 3.05) is 26.7 Å². The molecule has 0 spiro atoms. The monoisotopic (exact) mass is 243 g/mol. The molecule has 0 saturated carbocycles. The fourth-order valence-corrected chi connectivity index (χ4v) is 1.59. The van der Waals surface area contributed by atoms with Gasteiger partial charge in [-0.05, 0) is 32.2 Å². The van der Waals surface area contributed by atoms with Gasteiger partial charge in [-0.3, -0.25) is 9.59 Å². The number of rotatable bonds is 8. The van der Waals surface area contributed by atoms with Gasteiger partial charge in [0.25, 0.3) is 0 Å². The Balaban J connectivity index is 4.03. The molecule has 0 aliphatic carbocycles. The summed E-state index contributed by atoms with van der Waals surface area (Å²) >= 11 is 0. The Morgan fingerprint density at radius 2 is 2.00 bits per heavy atom. The lowest BCUT2D eigenvalue weighted by atomic mass is 10.0. The fourth-order valence-electron chi connectivity index (χ4n) is 1.59. The molecule has 0 aromatic heterocycles. The molecule has 3 N–H and O–H groups in total. The molecule has 0 aromatic carbocycles. The topological polar surface area (TPSA) is 75.4 Å². The average Bonchev–Trinajstić information content (AvgIpc) is 2.32. The van der Waals surface area contributed by atoms with E-state index in [4.69, 9.17) is 5.73 Å². The number of carbonyl (C=O) groups excluding carboxylic acids is 2. The predicted molar refractivity (Wildman–Crippen MR) is 68.4 cm³/mol. The van der Waals surface area contributed by atoms with Crippen LogP contribution in [0.5, 0.6) is 0 Å². The molecular weight excluding hydrogens is 218 g/mol. The van der Waals surface area contributed by atoms with E-state index < -0.39 is 0 Å². The smallest absolute Gasteiger partial charge is 0.239 e. The second-order valence-corrected chi connectivity index (χ2v) is 4.30. The maximum absolute atomic E-state index is 11.8. The molecule has 5 heteroatoms. The van der Waals surface area contributed by atoms with Gasteiger partial charge >= 0.3 is 0 Å². The standard InChI is InChI=1S/C12H25N3O2/c1-4-15(9-11(16)14-3)12(17)6-5-10(2)7-8-13/h10H,4-9,13H2,1-3H3,(H,14,16). The number of nitrogens with two attached hydrogens (primary N) is 1. The van der Waals surface area contributed by atoms with Crippen molar-refractivity contribution in [1.82, 2.24) is 10.2 Å². The van der Waals surface area contributed by atoms with Crippen LogP contribution in [0, 0.1) is 5.92 Å². The molecule has 5 nitrogen and oxygen atoms in total. The highest BCUT2D eigenvalue weighted by Crippen LogP contribution is 2.10. The van der Waals surface area contributed by atoms with Crippen molar-refractivity contribution in [3.05, 3.63) is 0 Å². The van der Waals surface area contributed by atoms with Crippen LogP contribution in [0.1, 0.15) is 33.1 Å². The van der Waals surface area contributed by atoms with Crippen LogP contribution in [0.4, 0.5) is 0 Å². The Labute approximate surface area is 104 Å². The van der Waals surface area contributed by atoms with Gasteiger partial charge in [-0.1, -0.05) is 6.92 Å². The molecule has 100 valence electrons. The molecule has 0 heterocycles. The third-order valence-corrected chi connectivity index (χ3v) is 2.86. The first-order valence-electron chi connectivity index (χ1n) is 6.23. The van der Waals surface area contributed by atoms with Crippen molar-refractivity contribution < 1.29 is 9.59 Å². The summed E-state index contributed by atoms with van der Waals surface area (Å²) in [6, 6.07) is 0. The molecule has 0 saturated heterocycles. The minimum atomic E-state index is -0.129. The van der Waals surface area contributed by atoms with Crippen molar-refractivity contribution in [3.8, 4) is 0 Å². The highest BCUT2D eigenvalue weighted by molar-refractivity contribution is 5.84. The molecule has 0 aliphatic rings. The van der Waals surface area contributed by atoms with Crippen molar-refractivity contribution in [2.45, 2.75) is 33.1 Å². The summed E-state index contributed by atoms with van der Waals surface area (Å²) in [4.78, 5) is 24.6. The lowest BCUT2D eigenvalue weighted by Crippen LogP contribution is -2.39. The maximum atomic E-state index is 11.8. The van der Waals surface area contributed by atoms with Gasteiger partial charge in [-0.15, -0.1) is 0 Å². The minimum Gasteiger partial charge on any atom is -0.358 e. The third-order valence-electron chi connectivity index (χ3n) is 2.86. The highest BCUT2D eigenvalue weighted by atomic mass is 16.2. The first-order chi connectivity index (χ1) is 8.04. The zero-order valence-electron chi connectivity index (χ0n) is 11.2. The third kappa shape index (κ3) is 6.94. The Morgan fingerprint density at radius 3 is 2.47 bits per heavy atom. The Kier molecular flexibility index (Phi) is 8.40. The van der Waals surface area contributed by atoms with E-state index in [2.05, 4.69) is 12.2 Å². The largest absolute Gasteiger partial charge is 0.358 e. The summed E-state index contributed by atoms with van der Waals surface area (Å²) in [6.07, 6.45) is 2.27. The summed E-state index contributed by atoms with van der Waals surface area (Å²) in [6.45, 7) is 5.35. The zero-order valence-corrected chi connectivity index (χ0v) is 11.2. The van der Waals surface area contributed by atoms with Crippen LogP contribution >= 0.6 is 0 Å². The number of hydrogen-bond donors (Lipinski definition) is 2. The molecule has 0 rings (SSSR count). The van der Waals surface area contributed by atoms with E-state index in [1.54, 1.807) is 11.9 Å². The quantitative estimate of drug-likeness (QED) is 0.646. The van der Waals surface area contributed by atoms with Crippen LogP contribution in [0.2, 0.25) is 0 Å². The summed E-state index contributed by atoms with van der Waals surface area (Å²) in [5.74, 6) is 0.373. The summed E-state index contributed by atoms with van der Waals surface area (Å²) < 4.78 is 0. The van der Waals surface area contributed by atoms with Gasteiger partial charge in [0.2, 0.25) is 11.8 Å². The van der Waals surface area contributed by atoms with Crippen LogP contribution in [0.25, 0.3) is 0 Å². The molecule has 0 bridgehead atoms. The van der Waals surface area contributed by atoms with Crippen molar-refractivity contribution in [2.24, 2.45) is 11.7 Å². The molecule has 17 heavy (non-hydrogen) atoms. The molecule has 0 aliphatic heterocycles. The van der Waals surface area contributed by atoms with Gasteiger partial charge in [-0.25, -0.2) is 0 Å².